The third kappa shape index (κ3) is 6.00. The molecular formula is C24H29FN4O6S. The number of hydrazine groups is 1. The SMILES string of the molecule is CCC(F)C(=O)N(CC(N)=O)NC(=O)[C@@H]1CCCN1S(=O)(=O)c1ccc(-c2ccc(OC)cc2)cc1. The summed E-state index contributed by atoms with van der Waals surface area (Å²) < 4.78 is 46.8. The first-order valence-electron chi connectivity index (χ1n) is 11.4. The molecule has 2 atom stereocenters. The van der Waals surface area contributed by atoms with Crippen molar-refractivity contribution in [1.82, 2.24) is 14.7 Å². The average molecular weight is 521 g/mol. The molecule has 0 saturated carbocycles. The van der Waals surface area contributed by atoms with E-state index in [1.165, 1.54) is 19.1 Å². The molecule has 36 heavy (non-hydrogen) atoms. The number of hydrogen-bond donors (Lipinski definition) is 2. The lowest BCUT2D eigenvalue weighted by Gasteiger charge is -2.28. The average Bonchev–Trinajstić information content (AvgIpc) is 3.38. The molecule has 0 aliphatic carbocycles. The standard InChI is InChI=1S/C24H29FN4O6S/c1-3-20(25)24(32)28(15-22(26)30)27-23(31)21-5-4-14-29(21)36(33,34)19-12-8-17(9-13-19)16-6-10-18(35-2)11-7-16/h6-13,20-21H,3-5,14-15H2,1-2H3,(H2,26,30)(H,27,31)/t20?,21-/m0/s1. The van der Waals surface area contributed by atoms with E-state index in [-0.39, 0.29) is 24.3 Å². The van der Waals surface area contributed by atoms with Crippen LogP contribution in [-0.4, -0.2) is 67.9 Å². The van der Waals surface area contributed by atoms with Crippen molar-refractivity contribution in [3.8, 4) is 16.9 Å². The molecule has 3 amide bonds. The van der Waals surface area contributed by atoms with Crippen LogP contribution in [-0.2, 0) is 24.4 Å². The second kappa shape index (κ2) is 11.5. The maximum absolute atomic E-state index is 13.9. The molecule has 1 saturated heterocycles. The molecule has 1 fully saturated rings. The Morgan fingerprint density at radius 2 is 1.72 bits per heavy atom. The fourth-order valence-corrected chi connectivity index (χ4v) is 5.56. The number of nitrogens with two attached hydrogens (primary N) is 1. The molecule has 3 rings (SSSR count). The van der Waals surface area contributed by atoms with Crippen molar-refractivity contribution < 1.29 is 31.9 Å². The van der Waals surface area contributed by atoms with E-state index in [9.17, 15) is 27.2 Å². The van der Waals surface area contributed by atoms with Gasteiger partial charge in [0, 0.05) is 6.54 Å². The smallest absolute Gasteiger partial charge is 0.275 e. The van der Waals surface area contributed by atoms with Crippen LogP contribution in [0.1, 0.15) is 26.2 Å². The van der Waals surface area contributed by atoms with Gasteiger partial charge in [0.2, 0.25) is 15.9 Å². The number of nitrogens with one attached hydrogen (secondary N) is 1. The first-order valence-corrected chi connectivity index (χ1v) is 12.8. The van der Waals surface area contributed by atoms with Crippen LogP contribution in [0.5, 0.6) is 5.75 Å². The first-order chi connectivity index (χ1) is 17.1. The molecule has 1 aliphatic heterocycles. The van der Waals surface area contributed by atoms with Crippen LogP contribution in [0.2, 0.25) is 0 Å². The fraction of sp³-hybridized carbons (Fsp3) is 0.375. The van der Waals surface area contributed by atoms with Crippen molar-refractivity contribution >= 4 is 27.7 Å². The van der Waals surface area contributed by atoms with Gasteiger partial charge in [-0.1, -0.05) is 31.2 Å². The zero-order valence-electron chi connectivity index (χ0n) is 20.0. The molecule has 194 valence electrons. The van der Waals surface area contributed by atoms with Crippen molar-refractivity contribution in [3.63, 3.8) is 0 Å². The van der Waals surface area contributed by atoms with Gasteiger partial charge in [-0.15, -0.1) is 0 Å². The fourth-order valence-electron chi connectivity index (χ4n) is 3.91. The number of benzene rings is 2. The molecule has 1 heterocycles. The van der Waals surface area contributed by atoms with Crippen LogP contribution < -0.4 is 15.9 Å². The minimum absolute atomic E-state index is 0.000615. The Hall–Kier alpha value is -3.51. The number of sulfonamides is 1. The maximum Gasteiger partial charge on any atom is 0.275 e. The number of ether oxygens (including phenoxy) is 1. The first kappa shape index (κ1) is 27.1. The Morgan fingerprint density at radius 3 is 2.25 bits per heavy atom. The molecule has 0 aromatic heterocycles. The summed E-state index contributed by atoms with van der Waals surface area (Å²) >= 11 is 0. The molecule has 1 unspecified atom stereocenters. The predicted octanol–water partition coefficient (Wildman–Crippen LogP) is 1.61. The highest BCUT2D eigenvalue weighted by molar-refractivity contribution is 7.89. The summed E-state index contributed by atoms with van der Waals surface area (Å²) in [6.45, 7) is 0.778. The summed E-state index contributed by atoms with van der Waals surface area (Å²) in [5, 5.41) is 0.506. The third-order valence-corrected chi connectivity index (χ3v) is 7.76. The number of primary amides is 1. The van der Waals surface area contributed by atoms with Crippen molar-refractivity contribution in [1.29, 1.82) is 0 Å². The van der Waals surface area contributed by atoms with Gasteiger partial charge in [0.15, 0.2) is 6.17 Å². The summed E-state index contributed by atoms with van der Waals surface area (Å²) in [7, 11) is -2.49. The number of hydrogen-bond acceptors (Lipinski definition) is 6. The number of alkyl halides is 1. The minimum atomic E-state index is -4.06. The maximum atomic E-state index is 13.9. The quantitative estimate of drug-likeness (QED) is 0.482. The molecule has 2 aromatic rings. The number of halogens is 1. The summed E-state index contributed by atoms with van der Waals surface area (Å²) in [5.41, 5.74) is 8.98. The highest BCUT2D eigenvalue weighted by Crippen LogP contribution is 2.29. The number of methoxy groups -OCH3 is 1. The summed E-state index contributed by atoms with van der Waals surface area (Å²) in [6, 6.07) is 12.4. The van der Waals surface area contributed by atoms with Crippen molar-refractivity contribution in [2.75, 3.05) is 20.2 Å². The van der Waals surface area contributed by atoms with Crippen LogP contribution in [0.4, 0.5) is 4.39 Å². The highest BCUT2D eigenvalue weighted by atomic mass is 32.2. The Kier molecular flexibility index (Phi) is 8.64. The third-order valence-electron chi connectivity index (χ3n) is 5.84. The molecule has 2 aromatic carbocycles. The Bertz CT molecular complexity index is 1200. The van der Waals surface area contributed by atoms with E-state index in [1.807, 2.05) is 12.1 Å². The van der Waals surface area contributed by atoms with Gasteiger partial charge in [0.1, 0.15) is 18.3 Å². The molecular weight excluding hydrogens is 491 g/mol. The largest absolute Gasteiger partial charge is 0.497 e. The van der Waals surface area contributed by atoms with Crippen LogP contribution >= 0.6 is 0 Å². The molecule has 12 heteroatoms. The zero-order chi connectivity index (χ0) is 26.5. The monoisotopic (exact) mass is 520 g/mol. The normalized spacial score (nSPS) is 16.8. The van der Waals surface area contributed by atoms with E-state index >= 15 is 0 Å². The number of rotatable bonds is 9. The van der Waals surface area contributed by atoms with E-state index in [2.05, 4.69) is 5.43 Å². The van der Waals surface area contributed by atoms with Gasteiger partial charge in [-0.05, 0) is 54.7 Å². The Morgan fingerprint density at radius 1 is 1.14 bits per heavy atom. The van der Waals surface area contributed by atoms with Crippen LogP contribution in [0.25, 0.3) is 11.1 Å². The topological polar surface area (TPSA) is 139 Å². The second-order valence-corrected chi connectivity index (χ2v) is 10.2. The van der Waals surface area contributed by atoms with Crippen molar-refractivity contribution in [2.24, 2.45) is 5.73 Å². The van der Waals surface area contributed by atoms with Crippen LogP contribution in [0.3, 0.4) is 0 Å². The highest BCUT2D eigenvalue weighted by Gasteiger charge is 2.40. The molecule has 3 N–H and O–H groups in total. The summed E-state index contributed by atoms with van der Waals surface area (Å²) in [5.74, 6) is -2.24. The van der Waals surface area contributed by atoms with Crippen LogP contribution in [0, 0.1) is 0 Å². The predicted molar refractivity (Wildman–Crippen MR) is 130 cm³/mol. The van der Waals surface area contributed by atoms with Gasteiger partial charge in [-0.2, -0.15) is 4.31 Å². The van der Waals surface area contributed by atoms with E-state index in [0.717, 1.165) is 15.4 Å². The minimum Gasteiger partial charge on any atom is -0.497 e. The lowest BCUT2D eigenvalue weighted by Crippen LogP contribution is -2.56. The summed E-state index contributed by atoms with van der Waals surface area (Å²) in [6.07, 6.45) is -1.51. The van der Waals surface area contributed by atoms with Gasteiger partial charge in [0.05, 0.1) is 12.0 Å². The lowest BCUT2D eigenvalue weighted by atomic mass is 10.1. The molecule has 0 spiro atoms. The number of nitrogens with zero attached hydrogens (tertiary/aromatic N) is 2. The number of carbonyl (C=O) groups excluding carboxylic acids is 3. The van der Waals surface area contributed by atoms with Crippen LogP contribution in [0.15, 0.2) is 53.4 Å². The zero-order valence-corrected chi connectivity index (χ0v) is 20.8. The van der Waals surface area contributed by atoms with Gasteiger partial charge >= 0.3 is 0 Å². The summed E-state index contributed by atoms with van der Waals surface area (Å²) in [4.78, 5) is 36.5. The van der Waals surface area contributed by atoms with E-state index in [4.69, 9.17) is 10.5 Å². The second-order valence-electron chi connectivity index (χ2n) is 8.27. The molecule has 0 bridgehead atoms. The molecule has 10 nitrogen and oxygen atoms in total. The van der Waals surface area contributed by atoms with E-state index < -0.39 is 46.5 Å². The lowest BCUT2D eigenvalue weighted by molar-refractivity contribution is -0.148. The van der Waals surface area contributed by atoms with E-state index in [1.54, 1.807) is 31.4 Å². The van der Waals surface area contributed by atoms with Crippen molar-refractivity contribution in [2.45, 2.75) is 43.3 Å². The Balaban J connectivity index is 1.78. The molecule has 1 aliphatic rings. The van der Waals surface area contributed by atoms with Gasteiger partial charge in [-0.3, -0.25) is 19.8 Å². The Labute approximate surface area is 209 Å². The van der Waals surface area contributed by atoms with Gasteiger partial charge in [0.25, 0.3) is 11.8 Å². The molecule has 0 radical (unpaired) electrons. The van der Waals surface area contributed by atoms with Gasteiger partial charge < -0.3 is 10.5 Å². The number of amides is 3. The van der Waals surface area contributed by atoms with E-state index in [0.29, 0.717) is 17.2 Å². The van der Waals surface area contributed by atoms with Gasteiger partial charge in [-0.25, -0.2) is 17.8 Å². The number of carbonyl (C=O) groups is 3. The van der Waals surface area contributed by atoms with Crippen molar-refractivity contribution in [3.05, 3.63) is 48.5 Å².